The van der Waals surface area contributed by atoms with Gasteiger partial charge < -0.3 is 0 Å². The molecule has 2 aromatic heterocycles. The molecule has 0 N–H and O–H groups in total. The standard InChI is InChI=1S/C30H34N3S2Se/c1-5-32(6-2)30(34)25-14-13-24(35-25)27-21-12-11-20(31(3)4)18-26(21)36-29-22-10-8-16-33-15-7-9-19(28(22)33)17-23(27)29/h11-14,17-18H,5-10,15-16H2,1-4H3/q+1. The minimum absolute atomic E-state index is 0.307. The monoisotopic (exact) mass is 580 g/mol. The fraction of sp³-hybridized carbons (Fsp3) is 0.400. The van der Waals surface area contributed by atoms with E-state index in [9.17, 15) is 0 Å². The Balaban J connectivity index is 1.64. The van der Waals surface area contributed by atoms with Gasteiger partial charge in [0.05, 0.1) is 0 Å². The average Bonchev–Trinajstić information content (AvgIpc) is 3.38. The van der Waals surface area contributed by atoms with Crippen LogP contribution >= 0.6 is 23.6 Å². The molecule has 0 aliphatic carbocycles. The van der Waals surface area contributed by atoms with Gasteiger partial charge in [-0.25, -0.2) is 0 Å². The van der Waals surface area contributed by atoms with E-state index in [-0.39, 0.29) is 0 Å². The summed E-state index contributed by atoms with van der Waals surface area (Å²) in [5, 5.41) is 2.92. The second kappa shape index (κ2) is 9.72. The summed E-state index contributed by atoms with van der Waals surface area (Å²) in [6, 6.07) is 14.3. The van der Waals surface area contributed by atoms with E-state index >= 15 is 0 Å². The van der Waals surface area contributed by atoms with Crippen molar-refractivity contribution in [2.45, 2.75) is 39.5 Å². The molecule has 0 unspecified atom stereocenters. The summed E-state index contributed by atoms with van der Waals surface area (Å²) in [7, 11) is 4.29. The second-order valence-electron chi connectivity index (χ2n) is 10.1. The van der Waals surface area contributed by atoms with Crippen molar-refractivity contribution in [3.05, 3.63) is 52.4 Å². The first-order valence-corrected chi connectivity index (χ1v) is 16.1. The first kappa shape index (κ1) is 24.4. The fourth-order valence-corrected chi connectivity index (χ4v) is 10.2. The Hall–Kier alpha value is -1.98. The summed E-state index contributed by atoms with van der Waals surface area (Å²) in [6.07, 6.45) is 4.98. The molecule has 0 fully saturated rings. The molecule has 3 nitrogen and oxygen atoms in total. The van der Waals surface area contributed by atoms with Gasteiger partial charge in [0.15, 0.2) is 0 Å². The summed E-state index contributed by atoms with van der Waals surface area (Å²) < 4.78 is 3.15. The van der Waals surface area contributed by atoms with Gasteiger partial charge in [-0.05, 0) is 0 Å². The molecule has 4 heterocycles. The number of thiocarbonyl (C=S) groups is 1. The molecular formula is C30H34N3S2Se+. The molecule has 6 heteroatoms. The Morgan fingerprint density at radius 2 is 1.78 bits per heavy atom. The molecule has 2 aromatic carbocycles. The Morgan fingerprint density at radius 1 is 1.00 bits per heavy atom. The van der Waals surface area contributed by atoms with Crippen molar-refractivity contribution in [2.75, 3.05) is 50.1 Å². The van der Waals surface area contributed by atoms with Crippen LogP contribution in [-0.4, -0.2) is 64.7 Å². The maximum atomic E-state index is 5.92. The predicted octanol–water partition coefficient (Wildman–Crippen LogP) is 6.84. The van der Waals surface area contributed by atoms with Crippen LogP contribution in [0.1, 0.15) is 42.7 Å². The van der Waals surface area contributed by atoms with E-state index in [4.69, 9.17) is 12.2 Å². The van der Waals surface area contributed by atoms with E-state index in [1.807, 2.05) is 11.3 Å². The van der Waals surface area contributed by atoms with Crippen LogP contribution < -0.4 is 9.80 Å². The van der Waals surface area contributed by atoms with E-state index < -0.39 is 0 Å². The number of rotatable bonds is 5. The zero-order chi connectivity index (χ0) is 25.0. The molecule has 2 aliphatic heterocycles. The summed E-state index contributed by atoms with van der Waals surface area (Å²) >= 11 is 8.10. The third-order valence-electron chi connectivity index (χ3n) is 7.82. The van der Waals surface area contributed by atoms with Crippen molar-refractivity contribution in [3.8, 4) is 10.4 Å². The molecule has 2 aliphatic rings. The molecule has 0 radical (unpaired) electrons. The van der Waals surface area contributed by atoms with Crippen LogP contribution in [0.4, 0.5) is 11.4 Å². The van der Waals surface area contributed by atoms with Crippen LogP contribution in [0.25, 0.3) is 29.7 Å². The molecule has 0 atom stereocenters. The third-order valence-corrected chi connectivity index (χ3v) is 12.1. The quantitative estimate of drug-likeness (QED) is 0.145. The average molecular weight is 580 g/mol. The molecule has 186 valence electrons. The minimum atomic E-state index is 0.307. The first-order chi connectivity index (χ1) is 17.5. The van der Waals surface area contributed by atoms with Crippen molar-refractivity contribution in [1.29, 1.82) is 0 Å². The summed E-state index contributed by atoms with van der Waals surface area (Å²) in [4.78, 5) is 10.8. The molecule has 0 amide bonds. The third kappa shape index (κ3) is 3.98. The number of nitrogens with zero attached hydrogens (tertiary/aromatic N) is 3. The number of benzene rings is 2. The SMILES string of the molecule is CCN(CC)C(=S)c1ccc(-c2c3ccc(N(C)C)cc3[se+]c3c4c5c(cc23)CCCN5CCC4)s1. The van der Waals surface area contributed by atoms with Gasteiger partial charge >= 0.3 is 231 Å². The van der Waals surface area contributed by atoms with Crippen molar-refractivity contribution in [1.82, 2.24) is 4.90 Å². The fourth-order valence-electron chi connectivity index (χ4n) is 5.99. The van der Waals surface area contributed by atoms with E-state index in [2.05, 4.69) is 79.0 Å². The van der Waals surface area contributed by atoms with Crippen molar-refractivity contribution in [3.63, 3.8) is 0 Å². The van der Waals surface area contributed by atoms with Gasteiger partial charge in [0.1, 0.15) is 0 Å². The van der Waals surface area contributed by atoms with Crippen molar-refractivity contribution in [2.24, 2.45) is 0 Å². The van der Waals surface area contributed by atoms with Crippen LogP contribution in [0.15, 0.2) is 36.4 Å². The number of fused-ring (bicyclic) bond motifs is 3. The molecule has 4 aromatic rings. The number of hydrogen-bond acceptors (Lipinski definition) is 4. The Morgan fingerprint density at radius 3 is 2.53 bits per heavy atom. The first-order valence-electron chi connectivity index (χ1n) is 13.2. The number of thiophene rings is 1. The van der Waals surface area contributed by atoms with Gasteiger partial charge in [0.2, 0.25) is 0 Å². The van der Waals surface area contributed by atoms with Crippen LogP contribution in [0.2, 0.25) is 0 Å². The zero-order valence-corrected chi connectivity index (χ0v) is 25.0. The van der Waals surface area contributed by atoms with Crippen LogP contribution in [0.3, 0.4) is 0 Å². The Kier molecular flexibility index (Phi) is 6.58. The van der Waals surface area contributed by atoms with Crippen molar-refractivity contribution < 1.29 is 0 Å². The van der Waals surface area contributed by atoms with Gasteiger partial charge in [0.25, 0.3) is 0 Å². The van der Waals surface area contributed by atoms with Crippen LogP contribution in [0.5, 0.6) is 0 Å². The number of anilines is 2. The van der Waals surface area contributed by atoms with Gasteiger partial charge in [-0.2, -0.15) is 0 Å². The van der Waals surface area contributed by atoms with Gasteiger partial charge in [-0.3, -0.25) is 0 Å². The van der Waals surface area contributed by atoms with Crippen molar-refractivity contribution >= 4 is 73.7 Å². The van der Waals surface area contributed by atoms with Crippen LogP contribution in [0, 0.1) is 0 Å². The summed E-state index contributed by atoms with van der Waals surface area (Å²) in [5.74, 6) is 0. The Bertz CT molecular complexity index is 1480. The molecule has 0 saturated carbocycles. The summed E-state index contributed by atoms with van der Waals surface area (Å²) in [6.45, 7) is 8.73. The van der Waals surface area contributed by atoms with Crippen LogP contribution in [-0.2, 0) is 12.8 Å². The van der Waals surface area contributed by atoms with Gasteiger partial charge in [-0.1, -0.05) is 0 Å². The number of aryl methyl sites for hydroxylation is 2. The molecule has 0 bridgehead atoms. The van der Waals surface area contributed by atoms with E-state index in [0.717, 1.165) is 18.1 Å². The van der Waals surface area contributed by atoms with Gasteiger partial charge in [-0.15, -0.1) is 0 Å². The Labute approximate surface area is 230 Å². The van der Waals surface area contributed by atoms with Gasteiger partial charge in [0, 0.05) is 0 Å². The topological polar surface area (TPSA) is 9.72 Å². The van der Waals surface area contributed by atoms with E-state index in [0.29, 0.717) is 14.5 Å². The predicted molar refractivity (Wildman–Crippen MR) is 164 cm³/mol. The normalized spacial score (nSPS) is 14.8. The molecule has 0 spiro atoms. The number of hydrogen-bond donors (Lipinski definition) is 0. The summed E-state index contributed by atoms with van der Waals surface area (Å²) in [5.41, 5.74) is 7.54. The molecule has 6 rings (SSSR count). The zero-order valence-electron chi connectivity index (χ0n) is 21.7. The van der Waals surface area contributed by atoms with E-state index in [1.165, 1.54) is 74.8 Å². The molecule has 0 saturated heterocycles. The van der Waals surface area contributed by atoms with E-state index in [1.54, 1.807) is 21.1 Å². The second-order valence-corrected chi connectivity index (χ2v) is 13.8. The maximum absolute atomic E-state index is 5.92. The molecular weight excluding hydrogens is 545 g/mol. The molecule has 36 heavy (non-hydrogen) atoms.